The third-order valence-corrected chi connectivity index (χ3v) is 4.46. The number of carbonyl (C=O) groups excluding carboxylic acids is 1. The van der Waals surface area contributed by atoms with Crippen molar-refractivity contribution in [3.8, 4) is 11.1 Å². The number of esters is 1. The smallest absolute Gasteiger partial charge is 0.338 e. The van der Waals surface area contributed by atoms with Crippen molar-refractivity contribution in [2.75, 3.05) is 12.0 Å². The molecule has 0 fully saturated rings. The third kappa shape index (κ3) is 4.88. The predicted octanol–water partition coefficient (Wildman–Crippen LogP) is 5.27. The molecule has 152 valence electrons. The van der Waals surface area contributed by atoms with Crippen molar-refractivity contribution in [3.05, 3.63) is 94.0 Å². The number of hydrazone groups is 1. The van der Waals surface area contributed by atoms with Gasteiger partial charge in [0, 0.05) is 6.07 Å². The van der Waals surface area contributed by atoms with Gasteiger partial charge >= 0.3 is 5.97 Å². The van der Waals surface area contributed by atoms with E-state index in [9.17, 15) is 14.9 Å². The van der Waals surface area contributed by atoms with Gasteiger partial charge in [0.05, 0.1) is 22.8 Å². The van der Waals surface area contributed by atoms with E-state index in [1.807, 2.05) is 61.5 Å². The average molecular weight is 403 g/mol. The molecule has 7 heteroatoms. The Morgan fingerprint density at radius 1 is 1.00 bits per heavy atom. The van der Waals surface area contributed by atoms with Gasteiger partial charge in [-0.15, -0.1) is 0 Å². The zero-order valence-corrected chi connectivity index (χ0v) is 16.7. The summed E-state index contributed by atoms with van der Waals surface area (Å²) in [6.45, 7) is 3.68. The quantitative estimate of drug-likeness (QED) is 0.251. The number of hydrogen-bond acceptors (Lipinski definition) is 6. The highest BCUT2D eigenvalue weighted by Crippen LogP contribution is 2.26. The SMILES string of the molecule is CCOC(=O)c1ccc(NN=C(C)c2ccc(-c3ccccc3)cc2)c([N+](=O)[O-])c1. The number of rotatable bonds is 7. The molecule has 1 N–H and O–H groups in total. The van der Waals surface area contributed by atoms with Crippen molar-refractivity contribution in [1.29, 1.82) is 0 Å². The second kappa shape index (κ2) is 9.47. The molecule has 0 radical (unpaired) electrons. The Hall–Kier alpha value is -4.00. The highest BCUT2D eigenvalue weighted by Gasteiger charge is 2.18. The molecule has 0 aromatic heterocycles. The zero-order chi connectivity index (χ0) is 21.5. The van der Waals surface area contributed by atoms with E-state index >= 15 is 0 Å². The molecule has 0 aliphatic carbocycles. The minimum absolute atomic E-state index is 0.117. The summed E-state index contributed by atoms with van der Waals surface area (Å²) >= 11 is 0. The maximum absolute atomic E-state index is 11.8. The number of ether oxygens (including phenoxy) is 1. The predicted molar refractivity (Wildman–Crippen MR) is 117 cm³/mol. The molecule has 0 spiro atoms. The maximum Gasteiger partial charge on any atom is 0.338 e. The minimum atomic E-state index is -0.606. The molecular formula is C23H21N3O4. The lowest BCUT2D eigenvalue weighted by atomic mass is 10.0. The summed E-state index contributed by atoms with van der Waals surface area (Å²) in [5.74, 6) is -0.606. The van der Waals surface area contributed by atoms with Crippen molar-refractivity contribution >= 4 is 23.1 Å². The van der Waals surface area contributed by atoms with E-state index in [2.05, 4.69) is 10.5 Å². The van der Waals surface area contributed by atoms with Gasteiger partial charge in [-0.3, -0.25) is 15.5 Å². The minimum Gasteiger partial charge on any atom is -0.462 e. The Kier molecular flexibility index (Phi) is 6.54. The van der Waals surface area contributed by atoms with Gasteiger partial charge in [0.25, 0.3) is 5.69 Å². The van der Waals surface area contributed by atoms with Gasteiger partial charge in [0.2, 0.25) is 0 Å². The summed E-state index contributed by atoms with van der Waals surface area (Å²) < 4.78 is 4.89. The van der Waals surface area contributed by atoms with E-state index in [-0.39, 0.29) is 23.5 Å². The number of hydrogen-bond donors (Lipinski definition) is 1. The van der Waals surface area contributed by atoms with Gasteiger partial charge in [-0.2, -0.15) is 5.10 Å². The average Bonchev–Trinajstić information content (AvgIpc) is 2.78. The van der Waals surface area contributed by atoms with Crippen LogP contribution in [0.1, 0.15) is 29.8 Å². The third-order valence-electron chi connectivity index (χ3n) is 4.46. The molecule has 3 aromatic carbocycles. The van der Waals surface area contributed by atoms with Crippen LogP contribution in [0.4, 0.5) is 11.4 Å². The maximum atomic E-state index is 11.8. The second-order valence-corrected chi connectivity index (χ2v) is 6.46. The van der Waals surface area contributed by atoms with Crippen LogP contribution in [-0.4, -0.2) is 23.2 Å². The van der Waals surface area contributed by atoms with E-state index in [1.165, 1.54) is 18.2 Å². The van der Waals surface area contributed by atoms with Gasteiger partial charge in [-0.25, -0.2) is 4.79 Å². The van der Waals surface area contributed by atoms with Crippen LogP contribution < -0.4 is 5.43 Å². The Balaban J connectivity index is 1.79. The molecule has 3 rings (SSSR count). The number of carbonyl (C=O) groups is 1. The van der Waals surface area contributed by atoms with E-state index in [4.69, 9.17) is 4.74 Å². The van der Waals surface area contributed by atoms with Gasteiger partial charge in [-0.05, 0) is 42.7 Å². The highest BCUT2D eigenvalue weighted by molar-refractivity contribution is 5.99. The highest BCUT2D eigenvalue weighted by atomic mass is 16.6. The largest absolute Gasteiger partial charge is 0.462 e. The van der Waals surface area contributed by atoms with Gasteiger partial charge < -0.3 is 4.74 Å². The number of anilines is 1. The van der Waals surface area contributed by atoms with Crippen LogP contribution in [0.15, 0.2) is 77.9 Å². The first kappa shape index (κ1) is 20.7. The first-order valence-electron chi connectivity index (χ1n) is 9.41. The Morgan fingerprint density at radius 3 is 2.27 bits per heavy atom. The molecule has 0 atom stereocenters. The summed E-state index contributed by atoms with van der Waals surface area (Å²) in [6, 6.07) is 22.0. The molecule has 0 amide bonds. The molecule has 3 aromatic rings. The molecule has 0 bridgehead atoms. The van der Waals surface area contributed by atoms with Crippen LogP contribution in [0.3, 0.4) is 0 Å². The fraction of sp³-hybridized carbons (Fsp3) is 0.130. The number of nitro groups is 1. The summed E-state index contributed by atoms with van der Waals surface area (Å²) in [6.07, 6.45) is 0. The van der Waals surface area contributed by atoms with E-state index in [1.54, 1.807) is 6.92 Å². The molecule has 30 heavy (non-hydrogen) atoms. The van der Waals surface area contributed by atoms with E-state index in [0.29, 0.717) is 5.71 Å². The Labute approximate surface area is 174 Å². The topological polar surface area (TPSA) is 93.8 Å². The monoisotopic (exact) mass is 403 g/mol. The molecule has 0 heterocycles. The molecule has 0 aliphatic heterocycles. The number of benzene rings is 3. The molecule has 0 unspecified atom stereocenters. The molecular weight excluding hydrogens is 382 g/mol. The van der Waals surface area contributed by atoms with Gasteiger partial charge in [0.15, 0.2) is 0 Å². The van der Waals surface area contributed by atoms with Crippen molar-refractivity contribution < 1.29 is 14.5 Å². The summed E-state index contributed by atoms with van der Waals surface area (Å²) in [5, 5.41) is 15.7. The van der Waals surface area contributed by atoms with Crippen LogP contribution in [0, 0.1) is 10.1 Å². The lowest BCUT2D eigenvalue weighted by molar-refractivity contribution is -0.384. The van der Waals surface area contributed by atoms with Crippen LogP contribution in [-0.2, 0) is 4.74 Å². The van der Waals surface area contributed by atoms with Crippen LogP contribution in [0.2, 0.25) is 0 Å². The van der Waals surface area contributed by atoms with E-state index in [0.717, 1.165) is 16.7 Å². The van der Waals surface area contributed by atoms with Crippen molar-refractivity contribution in [2.45, 2.75) is 13.8 Å². The first-order chi connectivity index (χ1) is 14.5. The van der Waals surface area contributed by atoms with Crippen LogP contribution >= 0.6 is 0 Å². The fourth-order valence-electron chi connectivity index (χ4n) is 2.86. The lowest BCUT2D eigenvalue weighted by Crippen LogP contribution is -2.07. The number of nitrogens with one attached hydrogen (secondary N) is 1. The van der Waals surface area contributed by atoms with Crippen molar-refractivity contribution in [1.82, 2.24) is 0 Å². The fourth-order valence-corrected chi connectivity index (χ4v) is 2.86. The summed E-state index contributed by atoms with van der Waals surface area (Å²) in [5.41, 5.74) is 6.54. The number of nitro benzene ring substituents is 1. The molecule has 7 nitrogen and oxygen atoms in total. The summed E-state index contributed by atoms with van der Waals surface area (Å²) in [7, 11) is 0. The van der Waals surface area contributed by atoms with Crippen LogP contribution in [0.25, 0.3) is 11.1 Å². The molecule has 0 saturated heterocycles. The van der Waals surface area contributed by atoms with Gasteiger partial charge in [0.1, 0.15) is 5.69 Å². The van der Waals surface area contributed by atoms with Crippen molar-refractivity contribution in [3.63, 3.8) is 0 Å². The van der Waals surface area contributed by atoms with E-state index < -0.39 is 10.9 Å². The van der Waals surface area contributed by atoms with Gasteiger partial charge in [-0.1, -0.05) is 54.6 Å². The first-order valence-corrected chi connectivity index (χ1v) is 9.41. The van der Waals surface area contributed by atoms with Crippen LogP contribution in [0.5, 0.6) is 0 Å². The Morgan fingerprint density at radius 2 is 1.63 bits per heavy atom. The molecule has 0 saturated carbocycles. The second-order valence-electron chi connectivity index (χ2n) is 6.46. The van der Waals surface area contributed by atoms with Crippen molar-refractivity contribution in [2.24, 2.45) is 5.10 Å². The molecule has 0 aliphatic rings. The lowest BCUT2D eigenvalue weighted by Gasteiger charge is -2.07. The Bertz CT molecular complexity index is 1080. The zero-order valence-electron chi connectivity index (χ0n) is 16.7. The standard InChI is InChI=1S/C23H21N3O4/c1-3-30-23(27)20-13-14-21(22(15-20)26(28)29)25-24-16(2)17-9-11-19(12-10-17)18-7-5-4-6-8-18/h4-15,25H,3H2,1-2H3. The number of nitrogens with zero attached hydrogens (tertiary/aromatic N) is 2. The summed E-state index contributed by atoms with van der Waals surface area (Å²) in [4.78, 5) is 22.7. The normalized spacial score (nSPS) is 11.1.